The lowest BCUT2D eigenvalue weighted by atomic mass is 10.1. The minimum Gasteiger partial charge on any atom is -0.454 e. The van der Waals surface area contributed by atoms with Crippen molar-refractivity contribution < 1.29 is 22.7 Å². The van der Waals surface area contributed by atoms with Gasteiger partial charge in [-0.1, -0.05) is 30.3 Å². The number of hydrogen-bond acceptors (Lipinski definition) is 5. The smallest absolute Gasteiger partial charge is 0.251 e. The summed E-state index contributed by atoms with van der Waals surface area (Å²) in [4.78, 5) is 12.1. The summed E-state index contributed by atoms with van der Waals surface area (Å²) in [5.41, 5.74) is 1.57. The second kappa shape index (κ2) is 8.88. The third kappa shape index (κ3) is 5.70. The Hall–Kier alpha value is -2.58. The van der Waals surface area contributed by atoms with Crippen LogP contribution < -0.4 is 19.5 Å². The minimum atomic E-state index is -3.43. The molecule has 144 valence electrons. The second-order valence-electron chi connectivity index (χ2n) is 6.13. The summed E-state index contributed by atoms with van der Waals surface area (Å²) in [5.74, 6) is 0.575. The van der Waals surface area contributed by atoms with Crippen LogP contribution in [0.15, 0.2) is 48.5 Å². The molecule has 0 bridgehead atoms. The fraction of sp³-hybridized carbons (Fsp3) is 0.316. The lowest BCUT2D eigenvalue weighted by Gasteiger charge is -2.08. The van der Waals surface area contributed by atoms with Crippen molar-refractivity contribution in [3.8, 4) is 11.5 Å². The number of sulfonamides is 1. The summed E-state index contributed by atoms with van der Waals surface area (Å²) < 4.78 is 37.0. The van der Waals surface area contributed by atoms with E-state index in [4.69, 9.17) is 9.47 Å². The van der Waals surface area contributed by atoms with Crippen LogP contribution in [0.3, 0.4) is 0 Å². The summed E-state index contributed by atoms with van der Waals surface area (Å²) in [6.07, 6.45) is 1.52. The third-order valence-electron chi connectivity index (χ3n) is 4.10. The van der Waals surface area contributed by atoms with Crippen molar-refractivity contribution in [2.75, 3.05) is 25.6 Å². The fourth-order valence-corrected chi connectivity index (χ4v) is 3.65. The number of benzene rings is 2. The van der Waals surface area contributed by atoms with Crippen LogP contribution in [0.25, 0.3) is 0 Å². The molecule has 0 saturated carbocycles. The molecule has 0 spiro atoms. The number of fused-ring (bicyclic) bond motifs is 1. The Morgan fingerprint density at radius 2 is 1.78 bits per heavy atom. The molecule has 3 rings (SSSR count). The summed E-state index contributed by atoms with van der Waals surface area (Å²) in [7, 11) is -3.43. The highest BCUT2D eigenvalue weighted by atomic mass is 32.2. The van der Waals surface area contributed by atoms with Gasteiger partial charge in [0.05, 0.1) is 5.75 Å². The maximum Gasteiger partial charge on any atom is 0.251 e. The summed E-state index contributed by atoms with van der Waals surface area (Å²) >= 11 is 0. The van der Waals surface area contributed by atoms with Gasteiger partial charge < -0.3 is 14.8 Å². The Kier molecular flexibility index (Phi) is 6.31. The number of hydrogen-bond donors (Lipinski definition) is 2. The van der Waals surface area contributed by atoms with Gasteiger partial charge in [-0.2, -0.15) is 0 Å². The summed E-state index contributed by atoms with van der Waals surface area (Å²) in [6.45, 7) is 0.531. The zero-order valence-corrected chi connectivity index (χ0v) is 15.6. The van der Waals surface area contributed by atoms with Gasteiger partial charge in [0.2, 0.25) is 16.8 Å². The standard InChI is InChI=1S/C19H22N2O5S/c22-19(16-8-9-17-18(13-16)26-14-25-17)20-11-12-27(23,24)21-10-4-7-15-5-2-1-3-6-15/h1-3,5-6,8-9,13,21H,4,7,10-12,14H2,(H,20,22). The van der Waals surface area contributed by atoms with Crippen molar-refractivity contribution in [3.63, 3.8) is 0 Å². The van der Waals surface area contributed by atoms with E-state index in [1.54, 1.807) is 18.2 Å². The summed E-state index contributed by atoms with van der Waals surface area (Å²) in [6, 6.07) is 14.7. The van der Waals surface area contributed by atoms with Crippen LogP contribution in [-0.4, -0.2) is 40.0 Å². The van der Waals surface area contributed by atoms with Gasteiger partial charge >= 0.3 is 0 Å². The highest BCUT2D eigenvalue weighted by Gasteiger charge is 2.16. The topological polar surface area (TPSA) is 93.7 Å². The van der Waals surface area contributed by atoms with Gasteiger partial charge in [0.15, 0.2) is 11.5 Å². The average Bonchev–Trinajstić information content (AvgIpc) is 3.13. The van der Waals surface area contributed by atoms with Crippen LogP contribution in [0.1, 0.15) is 22.3 Å². The molecule has 0 unspecified atom stereocenters. The maximum atomic E-state index is 12.1. The first-order valence-corrected chi connectivity index (χ1v) is 10.4. The maximum absolute atomic E-state index is 12.1. The zero-order chi connectivity index (χ0) is 19.1. The minimum absolute atomic E-state index is 0.0291. The molecule has 27 heavy (non-hydrogen) atoms. The molecule has 2 N–H and O–H groups in total. The van der Waals surface area contributed by atoms with Crippen LogP contribution in [0.5, 0.6) is 11.5 Å². The zero-order valence-electron chi connectivity index (χ0n) is 14.8. The van der Waals surface area contributed by atoms with Crippen molar-refractivity contribution in [2.45, 2.75) is 12.8 Å². The molecular formula is C19H22N2O5S. The fourth-order valence-electron chi connectivity index (χ4n) is 2.68. The lowest BCUT2D eigenvalue weighted by molar-refractivity contribution is 0.0955. The Morgan fingerprint density at radius 1 is 1.00 bits per heavy atom. The van der Waals surface area contributed by atoms with Gasteiger partial charge in [0.25, 0.3) is 5.91 Å². The van der Waals surface area contributed by atoms with E-state index in [0.29, 0.717) is 30.0 Å². The van der Waals surface area contributed by atoms with Crippen molar-refractivity contribution >= 4 is 15.9 Å². The van der Waals surface area contributed by atoms with Crippen LogP contribution in [0.4, 0.5) is 0 Å². The SMILES string of the molecule is O=C(NCCS(=O)(=O)NCCCc1ccccc1)c1ccc2c(c1)OCO2. The number of nitrogens with one attached hydrogen (secondary N) is 2. The Morgan fingerprint density at radius 3 is 2.59 bits per heavy atom. The number of carbonyl (C=O) groups excluding carboxylic acids is 1. The first-order chi connectivity index (χ1) is 13.0. The monoisotopic (exact) mass is 390 g/mol. The Bertz CT molecular complexity index is 884. The summed E-state index contributed by atoms with van der Waals surface area (Å²) in [5, 5.41) is 2.61. The Labute approximate surface area is 158 Å². The van der Waals surface area contributed by atoms with Crippen molar-refractivity contribution in [1.29, 1.82) is 0 Å². The van der Waals surface area contributed by atoms with E-state index in [1.807, 2.05) is 30.3 Å². The van der Waals surface area contributed by atoms with Gasteiger partial charge in [0.1, 0.15) is 0 Å². The van der Waals surface area contributed by atoms with E-state index >= 15 is 0 Å². The van der Waals surface area contributed by atoms with Crippen molar-refractivity contribution in [3.05, 3.63) is 59.7 Å². The average molecular weight is 390 g/mol. The number of amides is 1. The molecule has 0 aromatic heterocycles. The highest BCUT2D eigenvalue weighted by Crippen LogP contribution is 2.32. The van der Waals surface area contributed by atoms with E-state index in [0.717, 1.165) is 6.42 Å². The quantitative estimate of drug-likeness (QED) is 0.636. The van der Waals surface area contributed by atoms with E-state index in [2.05, 4.69) is 10.0 Å². The first-order valence-electron chi connectivity index (χ1n) is 8.73. The molecule has 7 nitrogen and oxygen atoms in total. The predicted molar refractivity (Wildman–Crippen MR) is 101 cm³/mol. The van der Waals surface area contributed by atoms with Crippen molar-refractivity contribution in [2.24, 2.45) is 0 Å². The normalized spacial score (nSPS) is 12.7. The van der Waals surface area contributed by atoms with Crippen molar-refractivity contribution in [1.82, 2.24) is 10.0 Å². The Balaban J connectivity index is 1.37. The van der Waals surface area contributed by atoms with Crippen LogP contribution in [0, 0.1) is 0 Å². The van der Waals surface area contributed by atoms with Gasteiger partial charge in [-0.15, -0.1) is 0 Å². The number of carbonyl (C=O) groups is 1. The molecule has 0 radical (unpaired) electrons. The van der Waals surface area contributed by atoms with Crippen LogP contribution in [0.2, 0.25) is 0 Å². The molecule has 2 aromatic rings. The molecule has 1 amide bonds. The second-order valence-corrected chi connectivity index (χ2v) is 8.05. The molecule has 0 atom stereocenters. The lowest BCUT2D eigenvalue weighted by Crippen LogP contribution is -2.35. The van der Waals surface area contributed by atoms with Crippen LogP contribution >= 0.6 is 0 Å². The number of ether oxygens (including phenoxy) is 2. The van der Waals surface area contributed by atoms with E-state index in [-0.39, 0.29) is 25.0 Å². The molecule has 1 aliphatic heterocycles. The van der Waals surface area contributed by atoms with Gasteiger partial charge in [0, 0.05) is 18.7 Å². The molecular weight excluding hydrogens is 368 g/mol. The van der Waals surface area contributed by atoms with Gasteiger partial charge in [-0.05, 0) is 36.6 Å². The van der Waals surface area contributed by atoms with Gasteiger partial charge in [-0.3, -0.25) is 4.79 Å². The molecule has 8 heteroatoms. The van der Waals surface area contributed by atoms with Crippen LogP contribution in [-0.2, 0) is 16.4 Å². The molecule has 2 aromatic carbocycles. The highest BCUT2D eigenvalue weighted by molar-refractivity contribution is 7.89. The van der Waals surface area contributed by atoms with E-state index in [9.17, 15) is 13.2 Å². The first kappa shape index (κ1) is 19.2. The van der Waals surface area contributed by atoms with Gasteiger partial charge in [-0.25, -0.2) is 13.1 Å². The molecule has 1 aliphatic rings. The third-order valence-corrected chi connectivity index (χ3v) is 5.48. The van der Waals surface area contributed by atoms with E-state index in [1.165, 1.54) is 5.56 Å². The number of aryl methyl sites for hydroxylation is 1. The van der Waals surface area contributed by atoms with E-state index < -0.39 is 10.0 Å². The largest absolute Gasteiger partial charge is 0.454 e. The number of rotatable bonds is 9. The molecule has 0 saturated heterocycles. The predicted octanol–water partition coefficient (Wildman–Crippen LogP) is 1.70. The molecule has 0 aliphatic carbocycles. The molecule has 1 heterocycles. The molecule has 0 fully saturated rings.